The summed E-state index contributed by atoms with van der Waals surface area (Å²) in [5.41, 5.74) is 0. The second-order valence-electron chi connectivity index (χ2n) is 6.51. The summed E-state index contributed by atoms with van der Waals surface area (Å²) < 4.78 is 22.2. The van der Waals surface area contributed by atoms with Crippen LogP contribution in [0.3, 0.4) is 0 Å². The Morgan fingerprint density at radius 1 is 0.649 bits per heavy atom. The summed E-state index contributed by atoms with van der Waals surface area (Å²) in [6.07, 6.45) is 1.94. The zero-order valence-corrected chi connectivity index (χ0v) is 27.9. The summed E-state index contributed by atoms with van der Waals surface area (Å²) in [6, 6.07) is 0. The molecule has 0 aromatic carbocycles. The van der Waals surface area contributed by atoms with Crippen molar-refractivity contribution < 1.29 is 38.3 Å². The third-order valence-electron chi connectivity index (χ3n) is 3.65. The second kappa shape index (κ2) is 30.4. The number of carbonyl (C=O) groups excluding carboxylic acids is 3. The van der Waals surface area contributed by atoms with Crippen LogP contribution < -0.4 is 0 Å². The summed E-state index contributed by atoms with van der Waals surface area (Å²) in [7, 11) is -0.924. The van der Waals surface area contributed by atoms with Crippen molar-refractivity contribution >= 4 is 122 Å². The fraction of sp³-hybridized carbons (Fsp3) is 0.850. The first-order valence-electron chi connectivity index (χ1n) is 11.1. The normalized spacial score (nSPS) is 11.8. The molecule has 0 radical (unpaired) electrons. The van der Waals surface area contributed by atoms with E-state index < -0.39 is 10.8 Å². The number of esters is 2. The van der Waals surface area contributed by atoms with Gasteiger partial charge in [0.2, 0.25) is 0 Å². The molecular weight excluding hydrogens is 657 g/mol. The summed E-state index contributed by atoms with van der Waals surface area (Å²) in [5.74, 6) is 3.67. The largest absolute Gasteiger partial charge is 0.455 e. The van der Waals surface area contributed by atoms with Crippen LogP contribution >= 0.6 is 94.1 Å². The van der Waals surface area contributed by atoms with E-state index in [-0.39, 0.29) is 34.9 Å². The Balaban J connectivity index is 3.45. The number of thioether (sulfide) groups is 8. The molecule has 0 saturated heterocycles. The molecule has 0 bridgehead atoms. The van der Waals surface area contributed by atoms with Crippen molar-refractivity contribution in [2.45, 2.75) is 25.7 Å². The van der Waals surface area contributed by atoms with Crippen LogP contribution in [-0.4, -0.2) is 104 Å². The number of carbonyl (C=O) groups is 3. The monoisotopic (exact) mass is 692 g/mol. The lowest BCUT2D eigenvalue weighted by Gasteiger charge is -2.05. The van der Waals surface area contributed by atoms with Gasteiger partial charge in [-0.3, -0.25) is 18.6 Å². The Kier molecular flexibility index (Phi) is 31.7. The van der Waals surface area contributed by atoms with E-state index in [4.69, 9.17) is 19.7 Å². The maximum absolute atomic E-state index is 12.1. The molecule has 8 nitrogen and oxygen atoms in total. The molecular formula is C20H36O8S9. The van der Waals surface area contributed by atoms with Gasteiger partial charge in [0.25, 0.3) is 0 Å². The highest BCUT2D eigenvalue weighted by atomic mass is 32.2. The highest BCUT2D eigenvalue weighted by molar-refractivity contribution is 8.26. The molecule has 0 rings (SSSR count). The number of hydrogen-bond donors (Lipinski definition) is 2. The third kappa shape index (κ3) is 30.3. The van der Waals surface area contributed by atoms with Crippen molar-refractivity contribution in [1.29, 1.82) is 0 Å². The molecule has 218 valence electrons. The van der Waals surface area contributed by atoms with Gasteiger partial charge in [0.15, 0.2) is 5.12 Å². The van der Waals surface area contributed by atoms with Gasteiger partial charge in [-0.1, -0.05) is 11.8 Å². The van der Waals surface area contributed by atoms with Crippen LogP contribution in [-0.2, 0) is 34.7 Å². The van der Waals surface area contributed by atoms with Crippen molar-refractivity contribution in [3.05, 3.63) is 0 Å². The first-order valence-corrected chi connectivity index (χ1v) is 21.6. The fourth-order valence-electron chi connectivity index (χ4n) is 1.98. The van der Waals surface area contributed by atoms with Crippen molar-refractivity contribution in [1.82, 2.24) is 0 Å². The molecule has 37 heavy (non-hydrogen) atoms. The van der Waals surface area contributed by atoms with Crippen LogP contribution in [0.4, 0.5) is 0 Å². The van der Waals surface area contributed by atoms with Gasteiger partial charge in [-0.25, -0.2) is 0 Å². The third-order valence-corrected chi connectivity index (χ3v) is 13.4. The van der Waals surface area contributed by atoms with Gasteiger partial charge in [0.1, 0.15) is 11.9 Å². The maximum atomic E-state index is 12.1. The fourth-order valence-corrected chi connectivity index (χ4v) is 10.2. The van der Waals surface area contributed by atoms with Crippen molar-refractivity contribution in [3.63, 3.8) is 0 Å². The molecule has 17 heteroatoms. The molecule has 0 aliphatic heterocycles. The molecule has 0 amide bonds. The van der Waals surface area contributed by atoms with Crippen LogP contribution in [0, 0.1) is 0 Å². The van der Waals surface area contributed by atoms with Crippen LogP contribution in [0.2, 0.25) is 0 Å². The van der Waals surface area contributed by atoms with Gasteiger partial charge in [0.05, 0.1) is 29.8 Å². The highest BCUT2D eigenvalue weighted by Crippen LogP contribution is 2.18. The quantitative estimate of drug-likeness (QED) is 0.0716. The Morgan fingerprint density at radius 2 is 1.19 bits per heavy atom. The van der Waals surface area contributed by atoms with E-state index in [1.54, 1.807) is 23.5 Å². The van der Waals surface area contributed by atoms with Crippen molar-refractivity contribution in [2.24, 2.45) is 0 Å². The highest BCUT2D eigenvalue weighted by Gasteiger charge is 2.07. The number of rotatable bonds is 27. The molecule has 0 aliphatic carbocycles. The second-order valence-corrected chi connectivity index (χ2v) is 17.8. The van der Waals surface area contributed by atoms with E-state index in [0.29, 0.717) is 68.6 Å². The number of aliphatic hydroxyl groups is 2. The molecule has 0 spiro atoms. The molecule has 0 fully saturated rings. The topological polar surface area (TPSA) is 127 Å². The average molecular weight is 693 g/mol. The summed E-state index contributed by atoms with van der Waals surface area (Å²) in [5, 5.41) is 19.9. The minimum absolute atomic E-state index is 0.0589. The molecule has 1 atom stereocenters. The van der Waals surface area contributed by atoms with E-state index in [1.807, 2.05) is 0 Å². The summed E-state index contributed by atoms with van der Waals surface area (Å²) in [4.78, 5) is 35.1. The zero-order valence-electron chi connectivity index (χ0n) is 20.5. The molecule has 1 unspecified atom stereocenters. The van der Waals surface area contributed by atoms with Gasteiger partial charge >= 0.3 is 11.9 Å². The molecule has 0 heterocycles. The van der Waals surface area contributed by atoms with E-state index in [0.717, 1.165) is 12.2 Å². The van der Waals surface area contributed by atoms with Gasteiger partial charge in [-0.15, -0.1) is 58.8 Å². The minimum atomic E-state index is -0.924. The minimum Gasteiger partial charge on any atom is -0.455 e. The number of aliphatic hydroxyl groups excluding tert-OH is 2. The molecule has 0 saturated carbocycles. The van der Waals surface area contributed by atoms with E-state index in [1.165, 1.54) is 70.6 Å². The van der Waals surface area contributed by atoms with Crippen LogP contribution in [0.5, 0.6) is 0 Å². The Labute approximate surface area is 256 Å². The first kappa shape index (κ1) is 38.5. The van der Waals surface area contributed by atoms with E-state index in [2.05, 4.69) is 0 Å². The first-order chi connectivity index (χ1) is 18.0. The number of hydrogen-bond acceptors (Lipinski definition) is 16. The van der Waals surface area contributed by atoms with Gasteiger partial charge in [-0.2, -0.15) is 23.5 Å². The maximum Gasteiger partial charge on any atom is 0.307 e. The smallest absolute Gasteiger partial charge is 0.307 e. The number of ether oxygens (including phenoxy) is 2. The van der Waals surface area contributed by atoms with Gasteiger partial charge < -0.3 is 19.7 Å². The van der Waals surface area contributed by atoms with Gasteiger partial charge in [0, 0.05) is 55.5 Å². The van der Waals surface area contributed by atoms with Gasteiger partial charge in [-0.05, 0) is 12.2 Å². The SMILES string of the molecule is O=C(CCSCCCS(=O)CSCSC(=O)CCSCCC(=O)OCSCSCO)OCSCSCO. The van der Waals surface area contributed by atoms with Crippen LogP contribution in [0.25, 0.3) is 0 Å². The average Bonchev–Trinajstić information content (AvgIpc) is 2.88. The zero-order chi connectivity index (χ0) is 27.4. The lowest BCUT2D eigenvalue weighted by molar-refractivity contribution is -0.141. The molecule has 0 aliphatic rings. The predicted molar refractivity (Wildman–Crippen MR) is 172 cm³/mol. The Morgan fingerprint density at radius 3 is 1.76 bits per heavy atom. The van der Waals surface area contributed by atoms with Crippen molar-refractivity contribution in [3.8, 4) is 0 Å². The predicted octanol–water partition coefficient (Wildman–Crippen LogP) is 4.42. The molecule has 0 aromatic heterocycles. The van der Waals surface area contributed by atoms with E-state index in [9.17, 15) is 18.6 Å². The lowest BCUT2D eigenvalue weighted by atomic mass is 10.5. The Bertz CT molecular complexity index is 616. The lowest BCUT2D eigenvalue weighted by Crippen LogP contribution is -2.06. The molecule has 2 N–H and O–H groups in total. The van der Waals surface area contributed by atoms with Crippen molar-refractivity contribution in [2.75, 3.05) is 72.9 Å². The standard InChI is InChI=1S/C20H36O8S9/c21-10-31-14-33-12-27-18(23)2-6-29-5-1-9-37(26)17-35-16-36-20(25)4-8-30-7-3-19(24)28-13-34-15-32-11-22/h21-22H,1-17H2. The Hall–Kier alpha value is 1.48. The summed E-state index contributed by atoms with van der Waals surface area (Å²) in [6.45, 7) is 0. The molecule has 0 aromatic rings. The van der Waals surface area contributed by atoms with Crippen LogP contribution in [0.15, 0.2) is 0 Å². The summed E-state index contributed by atoms with van der Waals surface area (Å²) >= 11 is 11.6. The van der Waals surface area contributed by atoms with E-state index >= 15 is 0 Å². The van der Waals surface area contributed by atoms with Crippen LogP contribution in [0.1, 0.15) is 25.7 Å².